The second-order valence-electron chi connectivity index (χ2n) is 12.0. The number of amides is 2. The van der Waals surface area contributed by atoms with Gasteiger partial charge in [-0.1, -0.05) is 18.6 Å². The molecule has 0 spiro atoms. The van der Waals surface area contributed by atoms with Gasteiger partial charge in [0.15, 0.2) is 11.5 Å². The third-order valence-corrected chi connectivity index (χ3v) is 9.97. The average Bonchev–Trinajstić information content (AvgIpc) is 3.65. The fraction of sp³-hybridized carbons (Fsp3) is 0.485. The van der Waals surface area contributed by atoms with E-state index in [1.165, 1.54) is 37.8 Å². The molecule has 0 aromatic heterocycles. The van der Waals surface area contributed by atoms with Gasteiger partial charge < -0.3 is 29.9 Å². The molecule has 6 atom stereocenters. The molecule has 5 rings (SSSR count). The summed E-state index contributed by atoms with van der Waals surface area (Å²) in [6.07, 6.45) is 4.84. The van der Waals surface area contributed by atoms with Gasteiger partial charge in [0.1, 0.15) is 24.3 Å². The first-order chi connectivity index (χ1) is 21.2. The van der Waals surface area contributed by atoms with E-state index in [1.54, 1.807) is 23.1 Å². The van der Waals surface area contributed by atoms with E-state index in [0.717, 1.165) is 19.3 Å². The number of aliphatic hydroxyl groups is 2. The third kappa shape index (κ3) is 7.26. The highest BCUT2D eigenvalue weighted by atomic mass is 127. The number of halogens is 2. The van der Waals surface area contributed by atoms with Crippen molar-refractivity contribution in [2.75, 3.05) is 20.3 Å². The Morgan fingerprint density at radius 3 is 2.59 bits per heavy atom. The summed E-state index contributed by atoms with van der Waals surface area (Å²) < 4.78 is 26.1. The van der Waals surface area contributed by atoms with Crippen LogP contribution in [0.1, 0.15) is 54.4 Å². The number of rotatable bonds is 12. The number of methoxy groups -OCH3 is 1. The van der Waals surface area contributed by atoms with Gasteiger partial charge in [-0.2, -0.15) is 0 Å². The van der Waals surface area contributed by atoms with Crippen molar-refractivity contribution < 1.29 is 38.5 Å². The third-order valence-electron chi connectivity index (χ3n) is 9.16. The first kappa shape index (κ1) is 32.4. The number of fused-ring (bicyclic) bond motifs is 2. The maximum Gasteiger partial charge on any atom is 0.247 e. The van der Waals surface area contributed by atoms with Crippen LogP contribution in [0.5, 0.6) is 11.5 Å². The molecule has 9 nitrogen and oxygen atoms in total. The van der Waals surface area contributed by atoms with E-state index in [0.29, 0.717) is 44.8 Å². The summed E-state index contributed by atoms with van der Waals surface area (Å²) in [5, 5.41) is 23.8. The number of hydrogen-bond acceptors (Lipinski definition) is 7. The number of nitrogens with one attached hydrogen (secondary N) is 1. The smallest absolute Gasteiger partial charge is 0.247 e. The Kier molecular flexibility index (Phi) is 10.6. The van der Waals surface area contributed by atoms with Crippen LogP contribution in [-0.4, -0.2) is 71.7 Å². The summed E-state index contributed by atoms with van der Waals surface area (Å²) in [4.78, 5) is 40.4. The molecule has 0 saturated heterocycles. The second-order valence-corrected chi connectivity index (χ2v) is 13.1. The highest BCUT2D eigenvalue weighted by Gasteiger charge is 2.44. The van der Waals surface area contributed by atoms with Crippen LogP contribution in [0.3, 0.4) is 0 Å². The standard InChI is InChI=1S/C33H38FIN2O7/c1-43-29-13-21(18-39)12-26(35)32(29)44-28-15-24(33(42)36-8-9-38)14-27(31(28)41)37(17-19-3-6-25(34)7-4-19)30(40)16-23-11-20-2-5-22(23)10-20/h3-4,6-7,12-13,15,18,20,22-23,27-28,31,38,41H,2,5,8-11,14,16-17H2,1H3,(H,36,42)/t20?,22?,23?,27-,28+,31+/m1/s1. The topological polar surface area (TPSA) is 125 Å². The van der Waals surface area contributed by atoms with Crippen molar-refractivity contribution >= 4 is 40.7 Å². The van der Waals surface area contributed by atoms with E-state index < -0.39 is 30.0 Å². The molecule has 3 aliphatic rings. The Morgan fingerprint density at radius 1 is 1.18 bits per heavy atom. The average molecular weight is 721 g/mol. The summed E-state index contributed by atoms with van der Waals surface area (Å²) >= 11 is 2.01. The van der Waals surface area contributed by atoms with Crippen molar-refractivity contribution in [3.05, 3.63) is 68.6 Å². The number of aldehydes is 1. The van der Waals surface area contributed by atoms with Crippen LogP contribution in [0.4, 0.5) is 4.39 Å². The first-order valence-electron chi connectivity index (χ1n) is 15.0. The fourth-order valence-electron chi connectivity index (χ4n) is 6.98. The molecule has 0 radical (unpaired) electrons. The predicted molar refractivity (Wildman–Crippen MR) is 169 cm³/mol. The van der Waals surface area contributed by atoms with Gasteiger partial charge in [-0.25, -0.2) is 4.39 Å². The van der Waals surface area contributed by atoms with Gasteiger partial charge in [0.2, 0.25) is 11.8 Å². The molecule has 2 aromatic carbocycles. The van der Waals surface area contributed by atoms with Crippen molar-refractivity contribution in [2.24, 2.45) is 17.8 Å². The van der Waals surface area contributed by atoms with Crippen molar-refractivity contribution in [3.63, 3.8) is 0 Å². The van der Waals surface area contributed by atoms with Crippen molar-refractivity contribution in [1.82, 2.24) is 10.2 Å². The summed E-state index contributed by atoms with van der Waals surface area (Å²) in [5.74, 6) is 1.06. The SMILES string of the molecule is COc1cc(C=O)cc(I)c1O[C@H]1C=C(C(=O)NCCO)C[C@@H](N(Cc2ccc(F)cc2)C(=O)CC2CC3CCC2C3)[C@@H]1O. The molecule has 3 unspecified atom stereocenters. The van der Waals surface area contributed by atoms with E-state index in [9.17, 15) is 29.0 Å². The first-order valence-corrected chi connectivity index (χ1v) is 16.1. The van der Waals surface area contributed by atoms with Crippen LogP contribution in [0.2, 0.25) is 0 Å². The van der Waals surface area contributed by atoms with Gasteiger partial charge in [-0.3, -0.25) is 14.4 Å². The summed E-state index contributed by atoms with van der Waals surface area (Å²) in [7, 11) is 1.44. The minimum absolute atomic E-state index is 0.0380. The molecule has 3 aliphatic carbocycles. The molecule has 3 N–H and O–H groups in total. The Labute approximate surface area is 269 Å². The molecular formula is C33H38FIN2O7. The molecule has 44 heavy (non-hydrogen) atoms. The molecule has 236 valence electrons. The number of benzene rings is 2. The normalized spacial score (nSPS) is 25.7. The van der Waals surface area contributed by atoms with E-state index in [2.05, 4.69) is 5.32 Å². The highest BCUT2D eigenvalue weighted by Crippen LogP contribution is 2.50. The van der Waals surface area contributed by atoms with Crippen molar-refractivity contribution in [2.45, 2.75) is 63.3 Å². The summed E-state index contributed by atoms with van der Waals surface area (Å²) in [6.45, 7) is -0.0900. The van der Waals surface area contributed by atoms with Crippen LogP contribution in [0.25, 0.3) is 0 Å². The summed E-state index contributed by atoms with van der Waals surface area (Å²) in [5.41, 5.74) is 1.38. The van der Waals surface area contributed by atoms with Crippen LogP contribution >= 0.6 is 22.6 Å². The van der Waals surface area contributed by atoms with E-state index in [1.807, 2.05) is 22.6 Å². The number of nitrogens with zero attached hydrogens (tertiary/aromatic N) is 1. The quantitative estimate of drug-likeness (QED) is 0.224. The summed E-state index contributed by atoms with van der Waals surface area (Å²) in [6, 6.07) is 8.20. The van der Waals surface area contributed by atoms with Gasteiger partial charge >= 0.3 is 0 Å². The number of ether oxygens (including phenoxy) is 2. The zero-order valence-electron chi connectivity index (χ0n) is 24.6. The fourth-order valence-corrected chi connectivity index (χ4v) is 7.74. The monoisotopic (exact) mass is 720 g/mol. The molecule has 2 aromatic rings. The van der Waals surface area contributed by atoms with Crippen molar-refractivity contribution in [3.8, 4) is 11.5 Å². The van der Waals surface area contributed by atoms with Gasteiger partial charge in [-0.05, 0) is 95.5 Å². The highest BCUT2D eigenvalue weighted by molar-refractivity contribution is 14.1. The molecule has 11 heteroatoms. The molecule has 2 amide bonds. The lowest BCUT2D eigenvalue weighted by atomic mass is 9.84. The van der Waals surface area contributed by atoms with E-state index in [-0.39, 0.29) is 49.4 Å². The maximum atomic E-state index is 14.1. The Hall–Kier alpha value is -3.03. The van der Waals surface area contributed by atoms with Gasteiger partial charge in [0.05, 0.1) is 23.3 Å². The molecule has 0 aliphatic heterocycles. The largest absolute Gasteiger partial charge is 0.493 e. The lowest BCUT2D eigenvalue weighted by Crippen LogP contribution is -2.55. The molecule has 0 heterocycles. The number of aliphatic hydroxyl groups excluding tert-OH is 2. The van der Waals surface area contributed by atoms with E-state index in [4.69, 9.17) is 9.47 Å². The molecule has 2 saturated carbocycles. The Bertz CT molecular complexity index is 1400. The molecule has 2 fully saturated rings. The maximum absolute atomic E-state index is 14.1. The Morgan fingerprint density at radius 2 is 1.95 bits per heavy atom. The zero-order chi connectivity index (χ0) is 31.4. The van der Waals surface area contributed by atoms with Crippen LogP contribution in [-0.2, 0) is 16.1 Å². The second kappa shape index (κ2) is 14.4. The lowest BCUT2D eigenvalue weighted by molar-refractivity contribution is -0.141. The Balaban J connectivity index is 1.49. The predicted octanol–water partition coefficient (Wildman–Crippen LogP) is 4.02. The number of carbonyl (C=O) groups is 3. The van der Waals surface area contributed by atoms with Gasteiger partial charge in [0, 0.05) is 37.1 Å². The minimum atomic E-state index is -1.24. The van der Waals surface area contributed by atoms with Crippen LogP contribution in [0, 0.1) is 27.1 Å². The number of carbonyl (C=O) groups excluding carboxylic acids is 3. The van der Waals surface area contributed by atoms with Crippen molar-refractivity contribution in [1.29, 1.82) is 0 Å². The van der Waals surface area contributed by atoms with Crippen LogP contribution < -0.4 is 14.8 Å². The van der Waals surface area contributed by atoms with Gasteiger partial charge in [-0.15, -0.1) is 0 Å². The minimum Gasteiger partial charge on any atom is -0.493 e. The molecular weight excluding hydrogens is 682 g/mol. The number of hydrogen-bond donors (Lipinski definition) is 3. The van der Waals surface area contributed by atoms with E-state index >= 15 is 0 Å². The lowest BCUT2D eigenvalue weighted by Gasteiger charge is -2.41. The molecule has 2 bridgehead atoms. The zero-order valence-corrected chi connectivity index (χ0v) is 26.7. The van der Waals surface area contributed by atoms with Crippen LogP contribution in [0.15, 0.2) is 48.0 Å². The van der Waals surface area contributed by atoms with Gasteiger partial charge in [0.25, 0.3) is 0 Å².